The molecule has 0 spiro atoms. The van der Waals surface area contributed by atoms with Crippen molar-refractivity contribution in [1.29, 1.82) is 0 Å². The first-order valence-electron chi connectivity index (χ1n) is 12.3. The lowest BCUT2D eigenvalue weighted by molar-refractivity contribution is -0.118. The lowest BCUT2D eigenvalue weighted by atomic mass is 9.73. The molecule has 0 saturated carbocycles. The molecule has 5 nitrogen and oxygen atoms in total. The van der Waals surface area contributed by atoms with Crippen molar-refractivity contribution < 1.29 is 4.79 Å². The van der Waals surface area contributed by atoms with E-state index in [1.807, 2.05) is 56.6 Å². The molecule has 0 radical (unpaired) electrons. The first kappa shape index (κ1) is 24.1. The molecule has 2 N–H and O–H groups in total. The molecule has 0 fully saturated rings. The SMILES string of the molecule is CN(C)c1ccc(C2C3=C(CC(C)(C)CC3=O)Nc3ccccc3N2C(=S)Nc2ccccc2)cc1. The van der Waals surface area contributed by atoms with Crippen molar-refractivity contribution in [2.24, 2.45) is 5.41 Å². The number of fused-ring (bicyclic) bond motifs is 1. The van der Waals surface area contributed by atoms with E-state index in [-0.39, 0.29) is 17.2 Å². The number of ketones is 1. The van der Waals surface area contributed by atoms with Crippen LogP contribution in [0.25, 0.3) is 0 Å². The summed E-state index contributed by atoms with van der Waals surface area (Å²) in [4.78, 5) is 18.0. The van der Waals surface area contributed by atoms with Crippen LogP contribution in [0, 0.1) is 5.41 Å². The van der Waals surface area contributed by atoms with Crippen LogP contribution in [0.5, 0.6) is 0 Å². The lowest BCUT2D eigenvalue weighted by Crippen LogP contribution is -2.41. The molecule has 1 aliphatic heterocycles. The van der Waals surface area contributed by atoms with E-state index in [0.717, 1.165) is 46.0 Å². The number of para-hydroxylation sites is 3. The summed E-state index contributed by atoms with van der Waals surface area (Å²) < 4.78 is 0. The summed E-state index contributed by atoms with van der Waals surface area (Å²) >= 11 is 6.06. The molecule has 0 bridgehead atoms. The number of thiocarbonyl (C=S) groups is 1. The van der Waals surface area contributed by atoms with Crippen LogP contribution < -0.4 is 20.4 Å². The van der Waals surface area contributed by atoms with Gasteiger partial charge in [-0.05, 0) is 66.0 Å². The van der Waals surface area contributed by atoms with Crippen molar-refractivity contribution in [2.75, 3.05) is 34.5 Å². The first-order chi connectivity index (χ1) is 17.2. The minimum absolute atomic E-state index is 0.116. The molecule has 3 aromatic rings. The molecule has 1 unspecified atom stereocenters. The van der Waals surface area contributed by atoms with E-state index in [9.17, 15) is 4.79 Å². The van der Waals surface area contributed by atoms with Gasteiger partial charge in [0, 0.05) is 43.2 Å². The Labute approximate surface area is 218 Å². The largest absolute Gasteiger partial charge is 0.378 e. The van der Waals surface area contributed by atoms with E-state index in [2.05, 4.69) is 70.7 Å². The van der Waals surface area contributed by atoms with Gasteiger partial charge in [0.05, 0.1) is 17.4 Å². The van der Waals surface area contributed by atoms with Gasteiger partial charge in [-0.1, -0.05) is 56.3 Å². The zero-order valence-corrected chi connectivity index (χ0v) is 22.0. The highest BCUT2D eigenvalue weighted by atomic mass is 32.1. The number of allylic oxidation sites excluding steroid dienone is 1. The first-order valence-corrected chi connectivity index (χ1v) is 12.7. The summed E-state index contributed by atoms with van der Waals surface area (Å²) in [5, 5.41) is 7.62. The summed E-state index contributed by atoms with van der Waals surface area (Å²) in [7, 11) is 4.05. The highest BCUT2D eigenvalue weighted by Gasteiger charge is 2.42. The maximum absolute atomic E-state index is 13.8. The van der Waals surface area contributed by atoms with Crippen molar-refractivity contribution in [3.05, 3.63) is 95.7 Å². The molecule has 1 aliphatic carbocycles. The Morgan fingerprint density at radius 1 is 0.972 bits per heavy atom. The third-order valence-corrected chi connectivity index (χ3v) is 7.17. The maximum atomic E-state index is 13.8. The smallest absolute Gasteiger partial charge is 0.178 e. The molecule has 184 valence electrons. The van der Waals surface area contributed by atoms with Crippen LogP contribution in [-0.4, -0.2) is 25.0 Å². The molecular formula is C30H32N4OS. The fourth-order valence-corrected chi connectivity index (χ4v) is 5.51. The van der Waals surface area contributed by atoms with Gasteiger partial charge in [-0.15, -0.1) is 0 Å². The highest BCUT2D eigenvalue weighted by Crippen LogP contribution is 2.48. The third-order valence-electron chi connectivity index (χ3n) is 6.87. The van der Waals surface area contributed by atoms with Gasteiger partial charge in [-0.25, -0.2) is 0 Å². The second-order valence-electron chi connectivity index (χ2n) is 10.5. The predicted octanol–water partition coefficient (Wildman–Crippen LogP) is 6.77. The molecule has 6 heteroatoms. The third kappa shape index (κ3) is 4.61. The van der Waals surface area contributed by atoms with Crippen LogP contribution in [0.1, 0.15) is 38.3 Å². The zero-order chi connectivity index (χ0) is 25.4. The number of carbonyl (C=O) groups excluding carboxylic acids is 1. The van der Waals surface area contributed by atoms with Crippen LogP contribution in [0.4, 0.5) is 22.7 Å². The van der Waals surface area contributed by atoms with Crippen LogP contribution >= 0.6 is 12.2 Å². The minimum atomic E-state index is -0.361. The van der Waals surface area contributed by atoms with Crippen molar-refractivity contribution in [3.8, 4) is 0 Å². The lowest BCUT2D eigenvalue weighted by Gasteiger charge is -2.38. The van der Waals surface area contributed by atoms with Gasteiger partial charge in [0.1, 0.15) is 0 Å². The van der Waals surface area contributed by atoms with E-state index < -0.39 is 0 Å². The molecule has 36 heavy (non-hydrogen) atoms. The van der Waals surface area contributed by atoms with Crippen molar-refractivity contribution in [2.45, 2.75) is 32.7 Å². The van der Waals surface area contributed by atoms with Crippen LogP contribution in [0.15, 0.2) is 90.1 Å². The number of hydrogen-bond acceptors (Lipinski definition) is 4. The summed E-state index contributed by atoms with van der Waals surface area (Å²) in [5.74, 6) is 0.163. The van der Waals surface area contributed by atoms with Crippen LogP contribution in [0.3, 0.4) is 0 Å². The summed E-state index contributed by atoms with van der Waals surface area (Å²) in [6.45, 7) is 4.32. The number of nitrogens with one attached hydrogen (secondary N) is 2. The number of carbonyl (C=O) groups is 1. The Balaban J connectivity index is 1.71. The maximum Gasteiger partial charge on any atom is 0.178 e. The van der Waals surface area contributed by atoms with E-state index in [4.69, 9.17) is 12.2 Å². The normalized spacial score (nSPS) is 18.5. The molecule has 0 aromatic heterocycles. The van der Waals surface area contributed by atoms with Crippen molar-refractivity contribution in [1.82, 2.24) is 0 Å². The van der Waals surface area contributed by atoms with Gasteiger partial charge in [-0.3, -0.25) is 4.79 Å². The second kappa shape index (κ2) is 9.43. The summed E-state index contributed by atoms with van der Waals surface area (Å²) in [6.07, 6.45) is 1.30. The number of Topliss-reactive ketones (excluding diaryl/α,β-unsaturated/α-hetero) is 1. The topological polar surface area (TPSA) is 47.6 Å². The Hall–Kier alpha value is -3.64. The average molecular weight is 497 g/mol. The Morgan fingerprint density at radius 2 is 1.64 bits per heavy atom. The minimum Gasteiger partial charge on any atom is -0.378 e. The van der Waals surface area contributed by atoms with Crippen LogP contribution in [-0.2, 0) is 4.79 Å². The van der Waals surface area contributed by atoms with Gasteiger partial charge in [0.15, 0.2) is 10.9 Å². The molecular weight excluding hydrogens is 464 g/mol. The van der Waals surface area contributed by atoms with Crippen molar-refractivity contribution in [3.63, 3.8) is 0 Å². The molecule has 3 aromatic carbocycles. The quantitative estimate of drug-likeness (QED) is 0.391. The fraction of sp³-hybridized carbons (Fsp3) is 0.267. The second-order valence-corrected chi connectivity index (χ2v) is 10.9. The fourth-order valence-electron chi connectivity index (χ4n) is 5.19. The Morgan fingerprint density at radius 3 is 2.33 bits per heavy atom. The number of hydrogen-bond donors (Lipinski definition) is 2. The van der Waals surface area contributed by atoms with E-state index >= 15 is 0 Å². The van der Waals surface area contributed by atoms with Gasteiger partial charge in [0.25, 0.3) is 0 Å². The van der Waals surface area contributed by atoms with Gasteiger partial charge < -0.3 is 20.4 Å². The van der Waals surface area contributed by atoms with Crippen LogP contribution in [0.2, 0.25) is 0 Å². The van der Waals surface area contributed by atoms with Gasteiger partial charge >= 0.3 is 0 Å². The average Bonchev–Trinajstić information content (AvgIpc) is 2.98. The number of benzene rings is 3. The van der Waals surface area contributed by atoms with Crippen molar-refractivity contribution >= 4 is 45.9 Å². The predicted molar refractivity (Wildman–Crippen MR) is 154 cm³/mol. The highest BCUT2D eigenvalue weighted by molar-refractivity contribution is 7.80. The number of rotatable bonds is 3. The van der Waals surface area contributed by atoms with Gasteiger partial charge in [-0.2, -0.15) is 0 Å². The van der Waals surface area contributed by atoms with E-state index in [1.54, 1.807) is 0 Å². The molecule has 1 atom stereocenters. The van der Waals surface area contributed by atoms with Gasteiger partial charge in [0.2, 0.25) is 0 Å². The molecule has 5 rings (SSSR count). The Kier molecular flexibility index (Phi) is 6.31. The van der Waals surface area contributed by atoms with E-state index in [0.29, 0.717) is 11.5 Å². The standard InChI is InChI=1S/C30H32N4OS/c1-30(2)18-24-27(26(35)19-30)28(20-14-16-22(17-15-20)33(3)4)34(25-13-9-8-12-23(25)32-24)29(36)31-21-10-6-5-7-11-21/h5-17,28,32H,18-19H2,1-4H3,(H,31,36). The number of nitrogens with zero attached hydrogens (tertiary/aromatic N) is 2. The number of anilines is 4. The zero-order valence-electron chi connectivity index (χ0n) is 21.2. The molecule has 2 aliphatic rings. The Bertz CT molecular complexity index is 1330. The molecule has 1 heterocycles. The summed E-state index contributed by atoms with van der Waals surface area (Å²) in [6, 6.07) is 26.1. The summed E-state index contributed by atoms with van der Waals surface area (Å²) in [5.41, 5.74) is 6.58. The van der Waals surface area contributed by atoms with E-state index in [1.165, 1.54) is 0 Å². The molecule has 0 amide bonds. The molecule has 0 saturated heterocycles. The monoisotopic (exact) mass is 496 g/mol.